The molecule has 1 aliphatic carbocycles. The summed E-state index contributed by atoms with van der Waals surface area (Å²) in [4.78, 5) is 5.69. The zero-order chi connectivity index (χ0) is 13.1. The van der Waals surface area contributed by atoms with Gasteiger partial charge in [0.15, 0.2) is 0 Å². The maximum atomic E-state index is 3.60. The second-order valence-electron chi connectivity index (χ2n) is 6.20. The molecule has 1 aromatic rings. The van der Waals surface area contributed by atoms with E-state index in [0.717, 1.165) is 18.5 Å². The van der Waals surface area contributed by atoms with E-state index < -0.39 is 0 Å². The summed E-state index contributed by atoms with van der Waals surface area (Å²) in [6.45, 7) is 7.18. The van der Waals surface area contributed by atoms with Crippen LogP contribution in [-0.4, -0.2) is 24.0 Å². The molecule has 1 saturated carbocycles. The molecule has 0 amide bonds. The van der Waals surface area contributed by atoms with Crippen molar-refractivity contribution in [3.05, 3.63) is 21.9 Å². The number of hydrogen-bond acceptors (Lipinski definition) is 3. The molecule has 2 nitrogen and oxygen atoms in total. The Bertz CT molecular complexity index is 397. The van der Waals surface area contributed by atoms with Crippen LogP contribution < -0.4 is 5.32 Å². The fourth-order valence-electron chi connectivity index (χ4n) is 3.06. The minimum Gasteiger partial charge on any atom is -0.309 e. The highest BCUT2D eigenvalue weighted by Gasteiger charge is 2.22. The summed E-state index contributed by atoms with van der Waals surface area (Å²) in [5.74, 6) is 0.959. The normalized spacial score (nSPS) is 24.2. The minimum atomic E-state index is 0.818. The summed E-state index contributed by atoms with van der Waals surface area (Å²) in [6.07, 6.45) is 6.93. The van der Waals surface area contributed by atoms with Gasteiger partial charge in [0.2, 0.25) is 0 Å². The molecule has 19 heavy (non-hydrogen) atoms. The van der Waals surface area contributed by atoms with Crippen LogP contribution in [0.5, 0.6) is 0 Å². The Morgan fingerprint density at radius 3 is 2.89 bits per heavy atom. The lowest BCUT2D eigenvalue weighted by molar-refractivity contribution is 0.315. The first-order valence-corrected chi connectivity index (χ1v) is 8.68. The zero-order valence-corrected chi connectivity index (χ0v) is 12.8. The van der Waals surface area contributed by atoms with Gasteiger partial charge in [0.25, 0.3) is 0 Å². The molecule has 0 bridgehead atoms. The fourth-order valence-corrected chi connectivity index (χ4v) is 4.07. The largest absolute Gasteiger partial charge is 0.309 e. The summed E-state index contributed by atoms with van der Waals surface area (Å²) in [5, 5.41) is 3.60. The second kappa shape index (κ2) is 6.38. The zero-order valence-electron chi connectivity index (χ0n) is 12.0. The Kier molecular flexibility index (Phi) is 4.57. The van der Waals surface area contributed by atoms with E-state index in [0.29, 0.717) is 0 Å². The SMILES string of the molecule is CCCC1CCN(Cc2ccc(CNC3CC3)s2)C1. The van der Waals surface area contributed by atoms with E-state index in [1.54, 1.807) is 4.88 Å². The standard InChI is InChI=1S/C16H26N2S/c1-2-3-13-8-9-18(11-13)12-16-7-6-15(19-16)10-17-14-4-5-14/h6-7,13-14,17H,2-5,8-12H2,1H3. The van der Waals surface area contributed by atoms with Gasteiger partial charge in [-0.2, -0.15) is 0 Å². The van der Waals surface area contributed by atoms with Crippen LogP contribution in [-0.2, 0) is 13.1 Å². The molecule has 0 radical (unpaired) electrons. The molecular formula is C16H26N2S. The van der Waals surface area contributed by atoms with Crippen LogP contribution in [0.25, 0.3) is 0 Å². The highest BCUT2D eigenvalue weighted by atomic mass is 32.1. The van der Waals surface area contributed by atoms with E-state index in [4.69, 9.17) is 0 Å². The molecule has 1 aromatic heterocycles. The molecule has 106 valence electrons. The van der Waals surface area contributed by atoms with Crippen molar-refractivity contribution in [2.75, 3.05) is 13.1 Å². The monoisotopic (exact) mass is 278 g/mol. The topological polar surface area (TPSA) is 15.3 Å². The summed E-state index contributed by atoms with van der Waals surface area (Å²) in [5.41, 5.74) is 0. The molecule has 3 rings (SSSR count). The van der Waals surface area contributed by atoms with Gasteiger partial charge in [-0.15, -0.1) is 11.3 Å². The second-order valence-corrected chi connectivity index (χ2v) is 7.45. The van der Waals surface area contributed by atoms with E-state index >= 15 is 0 Å². The first-order valence-electron chi connectivity index (χ1n) is 7.87. The molecule has 1 unspecified atom stereocenters. The molecule has 2 heterocycles. The lowest BCUT2D eigenvalue weighted by Gasteiger charge is -2.14. The molecule has 0 spiro atoms. The Morgan fingerprint density at radius 2 is 2.11 bits per heavy atom. The van der Waals surface area contributed by atoms with Crippen LogP contribution in [0, 0.1) is 5.92 Å². The molecule has 1 N–H and O–H groups in total. The van der Waals surface area contributed by atoms with Crippen LogP contribution in [0.3, 0.4) is 0 Å². The average Bonchev–Trinajstić information content (AvgIpc) is 2.97. The van der Waals surface area contributed by atoms with Gasteiger partial charge in [-0.25, -0.2) is 0 Å². The van der Waals surface area contributed by atoms with Crippen LogP contribution in [0.4, 0.5) is 0 Å². The maximum Gasteiger partial charge on any atom is 0.0328 e. The predicted octanol–water partition coefficient (Wildman–Crippen LogP) is 3.62. The predicted molar refractivity (Wildman–Crippen MR) is 82.5 cm³/mol. The van der Waals surface area contributed by atoms with E-state index in [1.165, 1.54) is 56.6 Å². The smallest absolute Gasteiger partial charge is 0.0328 e. The third-order valence-electron chi connectivity index (χ3n) is 4.31. The number of nitrogens with zero attached hydrogens (tertiary/aromatic N) is 1. The molecule has 2 aliphatic rings. The highest BCUT2D eigenvalue weighted by molar-refractivity contribution is 7.11. The van der Waals surface area contributed by atoms with E-state index in [9.17, 15) is 0 Å². The lowest BCUT2D eigenvalue weighted by atomic mass is 10.0. The van der Waals surface area contributed by atoms with Gasteiger partial charge < -0.3 is 5.32 Å². The van der Waals surface area contributed by atoms with Crippen molar-refractivity contribution in [3.8, 4) is 0 Å². The summed E-state index contributed by atoms with van der Waals surface area (Å²) in [6, 6.07) is 5.47. The first-order chi connectivity index (χ1) is 9.33. The van der Waals surface area contributed by atoms with E-state index in [2.05, 4.69) is 29.3 Å². The number of hydrogen-bond donors (Lipinski definition) is 1. The Hall–Kier alpha value is -0.380. The summed E-state index contributed by atoms with van der Waals surface area (Å²) >= 11 is 2.00. The van der Waals surface area contributed by atoms with Gasteiger partial charge in [-0.05, 0) is 50.3 Å². The summed E-state index contributed by atoms with van der Waals surface area (Å²) < 4.78 is 0. The maximum absolute atomic E-state index is 3.60. The van der Waals surface area contributed by atoms with Gasteiger partial charge in [-0.1, -0.05) is 13.3 Å². The number of nitrogens with one attached hydrogen (secondary N) is 1. The number of thiophene rings is 1. The lowest BCUT2D eigenvalue weighted by Crippen LogP contribution is -2.19. The molecule has 0 aromatic carbocycles. The Balaban J connectivity index is 1.44. The van der Waals surface area contributed by atoms with Crippen molar-refractivity contribution < 1.29 is 0 Å². The molecule has 2 fully saturated rings. The number of rotatable bonds is 7. The quantitative estimate of drug-likeness (QED) is 0.819. The van der Waals surface area contributed by atoms with Crippen LogP contribution in [0.2, 0.25) is 0 Å². The van der Waals surface area contributed by atoms with Crippen molar-refractivity contribution in [1.29, 1.82) is 0 Å². The molecule has 3 heteroatoms. The Labute approximate surface area is 121 Å². The van der Waals surface area contributed by atoms with Crippen molar-refractivity contribution in [2.45, 2.75) is 58.2 Å². The van der Waals surface area contributed by atoms with Crippen molar-refractivity contribution in [1.82, 2.24) is 10.2 Å². The van der Waals surface area contributed by atoms with Crippen molar-refractivity contribution in [2.24, 2.45) is 5.92 Å². The van der Waals surface area contributed by atoms with Crippen molar-refractivity contribution in [3.63, 3.8) is 0 Å². The molecule has 1 atom stereocenters. The third kappa shape index (κ3) is 4.04. The van der Waals surface area contributed by atoms with E-state index in [1.807, 2.05) is 11.3 Å². The van der Waals surface area contributed by atoms with Gasteiger partial charge in [0.1, 0.15) is 0 Å². The van der Waals surface area contributed by atoms with Crippen LogP contribution in [0.1, 0.15) is 48.8 Å². The van der Waals surface area contributed by atoms with Gasteiger partial charge in [0, 0.05) is 35.4 Å². The fraction of sp³-hybridized carbons (Fsp3) is 0.750. The first kappa shape index (κ1) is 13.6. The third-order valence-corrected chi connectivity index (χ3v) is 5.38. The number of likely N-dealkylation sites (tertiary alicyclic amines) is 1. The van der Waals surface area contributed by atoms with Gasteiger partial charge in [0.05, 0.1) is 0 Å². The van der Waals surface area contributed by atoms with E-state index in [-0.39, 0.29) is 0 Å². The van der Waals surface area contributed by atoms with Crippen LogP contribution in [0.15, 0.2) is 12.1 Å². The summed E-state index contributed by atoms with van der Waals surface area (Å²) in [7, 11) is 0. The molecular weight excluding hydrogens is 252 g/mol. The van der Waals surface area contributed by atoms with Gasteiger partial charge in [-0.3, -0.25) is 4.90 Å². The minimum absolute atomic E-state index is 0.818. The Morgan fingerprint density at radius 1 is 1.26 bits per heavy atom. The average molecular weight is 278 g/mol. The molecule has 1 aliphatic heterocycles. The van der Waals surface area contributed by atoms with Crippen LogP contribution >= 0.6 is 11.3 Å². The van der Waals surface area contributed by atoms with Crippen molar-refractivity contribution >= 4 is 11.3 Å². The van der Waals surface area contributed by atoms with Gasteiger partial charge >= 0.3 is 0 Å². The highest BCUT2D eigenvalue weighted by Crippen LogP contribution is 2.26. The molecule has 1 saturated heterocycles.